The number of piperazine rings is 1. The number of methoxy groups -OCH3 is 1. The van der Waals surface area contributed by atoms with Crippen molar-refractivity contribution in [3.8, 4) is 0 Å². The van der Waals surface area contributed by atoms with Gasteiger partial charge < -0.3 is 15.4 Å². The maximum absolute atomic E-state index is 14.9. The number of hydrogen-bond acceptors (Lipinski definition) is 6. The zero-order valence-electron chi connectivity index (χ0n) is 14.2. The Kier molecular flexibility index (Phi) is 4.96. The average Bonchev–Trinajstić information content (AvgIpc) is 2.58. The molecule has 6 nitrogen and oxygen atoms in total. The van der Waals surface area contributed by atoms with E-state index in [0.29, 0.717) is 32.8 Å². The van der Waals surface area contributed by atoms with E-state index in [1.54, 1.807) is 7.11 Å². The van der Waals surface area contributed by atoms with Crippen LogP contribution < -0.4 is 10.6 Å². The molecule has 2 N–H and O–H groups in total. The Labute approximate surface area is 143 Å². The van der Waals surface area contributed by atoms with E-state index in [0.717, 1.165) is 6.54 Å². The van der Waals surface area contributed by atoms with Crippen molar-refractivity contribution in [1.82, 2.24) is 14.9 Å². The Morgan fingerprint density at radius 2 is 1.72 bits per heavy atom. The molecule has 136 valence electrons. The van der Waals surface area contributed by atoms with Crippen molar-refractivity contribution in [2.24, 2.45) is 0 Å². The summed E-state index contributed by atoms with van der Waals surface area (Å²) in [4.78, 5) is 11.3. The summed E-state index contributed by atoms with van der Waals surface area (Å²) < 4.78 is 49.0. The number of hydrogen-bond donors (Lipinski definition) is 1. The minimum atomic E-state index is -1.26. The third-order valence-corrected chi connectivity index (χ3v) is 4.38. The number of nitrogens with two attached hydrogens (primary N) is 1. The van der Waals surface area contributed by atoms with Crippen LogP contribution in [0.25, 0.3) is 10.9 Å². The van der Waals surface area contributed by atoms with Crippen LogP contribution in [-0.4, -0.2) is 61.3 Å². The summed E-state index contributed by atoms with van der Waals surface area (Å²) in [7, 11) is 1.62. The van der Waals surface area contributed by atoms with E-state index in [1.165, 1.54) is 11.8 Å². The van der Waals surface area contributed by atoms with Crippen LogP contribution in [0.2, 0.25) is 0 Å². The number of nitrogen functional groups attached to an aromatic ring is 1. The van der Waals surface area contributed by atoms with Gasteiger partial charge in [-0.1, -0.05) is 0 Å². The van der Waals surface area contributed by atoms with Crippen LogP contribution in [-0.2, 0) is 4.74 Å². The summed E-state index contributed by atoms with van der Waals surface area (Å²) in [5.41, 5.74) is 4.95. The Hall–Kier alpha value is -2.13. The quantitative estimate of drug-likeness (QED) is 0.842. The van der Waals surface area contributed by atoms with Gasteiger partial charge in [0.15, 0.2) is 17.5 Å². The number of aromatic nitrogens is 2. The third-order valence-electron chi connectivity index (χ3n) is 4.38. The molecule has 3 rings (SSSR count). The van der Waals surface area contributed by atoms with Crippen LogP contribution in [0.4, 0.5) is 24.7 Å². The summed E-state index contributed by atoms with van der Waals surface area (Å²) in [5.74, 6) is -3.45. The highest BCUT2D eigenvalue weighted by molar-refractivity contribution is 5.92. The van der Waals surface area contributed by atoms with Gasteiger partial charge in [0.25, 0.3) is 0 Å². The molecule has 1 aromatic heterocycles. The van der Waals surface area contributed by atoms with Crippen molar-refractivity contribution in [3.05, 3.63) is 23.3 Å². The van der Waals surface area contributed by atoms with Crippen molar-refractivity contribution in [3.63, 3.8) is 0 Å². The highest BCUT2D eigenvalue weighted by Gasteiger charge is 2.29. The van der Waals surface area contributed by atoms with Crippen molar-refractivity contribution >= 4 is 22.4 Å². The summed E-state index contributed by atoms with van der Waals surface area (Å²) in [6, 6.07) is 0. The smallest absolute Gasteiger partial charge is 0.186 e. The SMILES string of the molecule is COCCN1CCN(c2c(F)c(F)c3c(N)nc(C)nc3c2F)CC1. The van der Waals surface area contributed by atoms with E-state index in [4.69, 9.17) is 10.5 Å². The Balaban J connectivity index is 1.98. The normalized spacial score (nSPS) is 16.0. The second-order valence-corrected chi connectivity index (χ2v) is 5.99. The molecule has 1 aromatic carbocycles. The monoisotopic (exact) mass is 355 g/mol. The third kappa shape index (κ3) is 3.21. The number of benzene rings is 1. The van der Waals surface area contributed by atoms with Crippen molar-refractivity contribution in [2.75, 3.05) is 57.1 Å². The Morgan fingerprint density at radius 3 is 2.36 bits per heavy atom. The summed E-state index contributed by atoms with van der Waals surface area (Å²) >= 11 is 0. The number of rotatable bonds is 4. The Morgan fingerprint density at radius 1 is 1.04 bits per heavy atom. The predicted octanol–water partition coefficient (Wildman–Crippen LogP) is 1.71. The molecular formula is C16H20F3N5O. The number of ether oxygens (including phenoxy) is 1. The predicted molar refractivity (Wildman–Crippen MR) is 89.1 cm³/mol. The largest absolute Gasteiger partial charge is 0.383 e. The van der Waals surface area contributed by atoms with E-state index in [2.05, 4.69) is 14.9 Å². The molecular weight excluding hydrogens is 335 g/mol. The molecule has 0 amide bonds. The molecule has 0 atom stereocenters. The van der Waals surface area contributed by atoms with Gasteiger partial charge in [0, 0.05) is 39.8 Å². The molecule has 2 aromatic rings. The topological polar surface area (TPSA) is 67.5 Å². The average molecular weight is 355 g/mol. The van der Waals surface area contributed by atoms with Gasteiger partial charge in [0.2, 0.25) is 0 Å². The zero-order valence-corrected chi connectivity index (χ0v) is 14.2. The van der Waals surface area contributed by atoms with Crippen molar-refractivity contribution < 1.29 is 17.9 Å². The first-order valence-corrected chi connectivity index (χ1v) is 8.00. The second-order valence-electron chi connectivity index (χ2n) is 5.99. The molecule has 0 unspecified atom stereocenters. The lowest BCUT2D eigenvalue weighted by molar-refractivity contribution is 0.143. The standard InChI is InChI=1S/C16H20F3N5O/c1-9-21-14-10(16(20)22-9)11(17)12(18)15(13(14)19)24-5-3-23(4-6-24)7-8-25-2/h3-8H2,1-2H3,(H2,20,21,22). The highest BCUT2D eigenvalue weighted by atomic mass is 19.2. The zero-order chi connectivity index (χ0) is 18.1. The van der Waals surface area contributed by atoms with Gasteiger partial charge in [0.05, 0.1) is 12.0 Å². The van der Waals surface area contributed by atoms with Gasteiger partial charge in [-0.15, -0.1) is 0 Å². The van der Waals surface area contributed by atoms with E-state index in [-0.39, 0.29) is 17.2 Å². The molecule has 9 heteroatoms. The molecule has 0 bridgehead atoms. The number of aryl methyl sites for hydroxylation is 1. The van der Waals surface area contributed by atoms with Crippen LogP contribution >= 0.6 is 0 Å². The van der Waals surface area contributed by atoms with Crippen LogP contribution in [0.15, 0.2) is 0 Å². The molecule has 0 saturated carbocycles. The van der Waals surface area contributed by atoms with Crippen LogP contribution in [0.1, 0.15) is 5.82 Å². The summed E-state index contributed by atoms with van der Waals surface area (Å²) in [6.45, 7) is 4.81. The summed E-state index contributed by atoms with van der Waals surface area (Å²) in [6.07, 6.45) is 0. The molecule has 0 aliphatic carbocycles. The second kappa shape index (κ2) is 7.01. The van der Waals surface area contributed by atoms with Gasteiger partial charge in [-0.3, -0.25) is 4.90 Å². The maximum Gasteiger partial charge on any atom is 0.186 e. The van der Waals surface area contributed by atoms with E-state index in [9.17, 15) is 13.2 Å². The molecule has 0 radical (unpaired) electrons. The lowest BCUT2D eigenvalue weighted by Gasteiger charge is -2.36. The number of nitrogens with zero attached hydrogens (tertiary/aromatic N) is 4. The van der Waals surface area contributed by atoms with Gasteiger partial charge >= 0.3 is 0 Å². The fourth-order valence-electron chi connectivity index (χ4n) is 3.08. The molecule has 1 fully saturated rings. The number of fused-ring (bicyclic) bond motifs is 1. The number of halogens is 3. The molecule has 2 heterocycles. The molecule has 25 heavy (non-hydrogen) atoms. The van der Waals surface area contributed by atoms with Crippen LogP contribution in [0, 0.1) is 24.4 Å². The van der Waals surface area contributed by atoms with Gasteiger partial charge in [-0.05, 0) is 6.92 Å². The fraction of sp³-hybridized carbons (Fsp3) is 0.500. The fourth-order valence-corrected chi connectivity index (χ4v) is 3.08. The van der Waals surface area contributed by atoms with E-state index in [1.807, 2.05) is 0 Å². The first-order chi connectivity index (χ1) is 11.9. The molecule has 1 saturated heterocycles. The maximum atomic E-state index is 14.9. The van der Waals surface area contributed by atoms with E-state index < -0.39 is 28.5 Å². The first-order valence-electron chi connectivity index (χ1n) is 8.00. The first kappa shape index (κ1) is 17.7. The Bertz CT molecular complexity index is 793. The van der Waals surface area contributed by atoms with Crippen LogP contribution in [0.5, 0.6) is 0 Å². The number of anilines is 2. The lowest BCUT2D eigenvalue weighted by Crippen LogP contribution is -2.48. The van der Waals surface area contributed by atoms with Crippen LogP contribution in [0.3, 0.4) is 0 Å². The van der Waals surface area contributed by atoms with Crippen molar-refractivity contribution in [1.29, 1.82) is 0 Å². The van der Waals surface area contributed by atoms with Gasteiger partial charge in [-0.25, -0.2) is 23.1 Å². The minimum Gasteiger partial charge on any atom is -0.383 e. The molecule has 0 spiro atoms. The van der Waals surface area contributed by atoms with Gasteiger partial charge in [-0.2, -0.15) is 0 Å². The molecule has 1 aliphatic rings. The lowest BCUT2D eigenvalue weighted by atomic mass is 10.1. The molecule has 1 aliphatic heterocycles. The highest BCUT2D eigenvalue weighted by Crippen LogP contribution is 2.35. The minimum absolute atomic E-state index is 0.199. The van der Waals surface area contributed by atoms with Crippen molar-refractivity contribution in [2.45, 2.75) is 6.92 Å². The van der Waals surface area contributed by atoms with E-state index >= 15 is 0 Å². The summed E-state index contributed by atoms with van der Waals surface area (Å²) in [5, 5.41) is -0.414. The van der Waals surface area contributed by atoms with Gasteiger partial charge in [0.1, 0.15) is 22.8 Å².